The number of aryl methyl sites for hydroxylation is 1. The van der Waals surface area contributed by atoms with Crippen molar-refractivity contribution in [3.63, 3.8) is 0 Å². The minimum absolute atomic E-state index is 0.317. The number of hydrogen-bond donors (Lipinski definition) is 0. The third-order valence-electron chi connectivity index (χ3n) is 5.26. The fraction of sp³-hybridized carbons (Fsp3) is 0.400. The van der Waals surface area contributed by atoms with Gasteiger partial charge in [-0.05, 0) is 56.8 Å². The predicted molar refractivity (Wildman–Crippen MR) is 96.1 cm³/mol. The summed E-state index contributed by atoms with van der Waals surface area (Å²) < 4.78 is 39.8. The molecule has 0 N–H and O–H groups in total. The molecule has 0 unspecified atom stereocenters. The van der Waals surface area contributed by atoms with Crippen LogP contribution < -0.4 is 5.46 Å². The first kappa shape index (κ1) is 18.1. The van der Waals surface area contributed by atoms with Gasteiger partial charge >= 0.3 is 7.12 Å². The van der Waals surface area contributed by atoms with Gasteiger partial charge in [-0.15, -0.1) is 0 Å². The summed E-state index contributed by atoms with van der Waals surface area (Å²) in [5, 5.41) is 0. The zero-order valence-electron chi connectivity index (χ0n) is 15.3. The van der Waals surface area contributed by atoms with Crippen LogP contribution in [0.3, 0.4) is 0 Å². The van der Waals surface area contributed by atoms with Crippen LogP contribution >= 0.6 is 0 Å². The van der Waals surface area contributed by atoms with Gasteiger partial charge in [0, 0.05) is 6.42 Å². The standard InChI is InChI=1S/C20H23BF2O2/c1-13-6-9-15(18(23)17(13)22)12-14-7-10-16(11-8-14)21-24-19(2,3)20(4,5)25-21/h6-11H,12H2,1-5H3. The summed E-state index contributed by atoms with van der Waals surface area (Å²) in [7, 11) is -0.424. The monoisotopic (exact) mass is 344 g/mol. The summed E-state index contributed by atoms with van der Waals surface area (Å²) in [4.78, 5) is 0. The lowest BCUT2D eigenvalue weighted by molar-refractivity contribution is 0.00578. The summed E-state index contributed by atoms with van der Waals surface area (Å²) in [6.45, 7) is 9.60. The van der Waals surface area contributed by atoms with Gasteiger partial charge in [0.25, 0.3) is 0 Å². The first-order valence-electron chi connectivity index (χ1n) is 8.49. The second-order valence-electron chi connectivity index (χ2n) is 7.68. The van der Waals surface area contributed by atoms with Gasteiger partial charge in [-0.3, -0.25) is 0 Å². The molecule has 0 atom stereocenters. The Morgan fingerprint density at radius 3 is 1.96 bits per heavy atom. The third-order valence-corrected chi connectivity index (χ3v) is 5.26. The smallest absolute Gasteiger partial charge is 0.399 e. The fourth-order valence-electron chi connectivity index (χ4n) is 2.81. The average molecular weight is 344 g/mol. The molecule has 5 heteroatoms. The highest BCUT2D eigenvalue weighted by atomic mass is 19.2. The van der Waals surface area contributed by atoms with Crippen LogP contribution in [0.15, 0.2) is 36.4 Å². The molecule has 0 aliphatic carbocycles. The molecule has 0 spiro atoms. The Morgan fingerprint density at radius 1 is 0.840 bits per heavy atom. The summed E-state index contributed by atoms with van der Waals surface area (Å²) >= 11 is 0. The first-order valence-corrected chi connectivity index (χ1v) is 8.49. The molecule has 1 heterocycles. The molecule has 1 saturated heterocycles. The SMILES string of the molecule is Cc1ccc(Cc2ccc(B3OC(C)(C)C(C)(C)O3)cc2)c(F)c1F. The van der Waals surface area contributed by atoms with Gasteiger partial charge in [-0.2, -0.15) is 0 Å². The van der Waals surface area contributed by atoms with E-state index in [-0.39, 0.29) is 11.2 Å². The van der Waals surface area contributed by atoms with Crippen molar-refractivity contribution in [3.05, 3.63) is 64.7 Å². The highest BCUT2D eigenvalue weighted by Crippen LogP contribution is 2.36. The predicted octanol–water partition coefficient (Wildman–Crippen LogP) is 4.16. The zero-order chi connectivity index (χ0) is 18.4. The molecule has 2 aromatic carbocycles. The fourth-order valence-corrected chi connectivity index (χ4v) is 2.81. The van der Waals surface area contributed by atoms with E-state index >= 15 is 0 Å². The van der Waals surface area contributed by atoms with Crippen molar-refractivity contribution in [2.75, 3.05) is 0 Å². The van der Waals surface area contributed by atoms with Gasteiger partial charge in [-0.25, -0.2) is 8.78 Å². The molecule has 0 saturated carbocycles. The lowest BCUT2D eigenvalue weighted by Crippen LogP contribution is -2.41. The van der Waals surface area contributed by atoms with Gasteiger partial charge in [0.1, 0.15) is 0 Å². The molecule has 1 aliphatic rings. The van der Waals surface area contributed by atoms with Crippen LogP contribution in [-0.4, -0.2) is 18.3 Å². The largest absolute Gasteiger partial charge is 0.494 e. The Balaban J connectivity index is 1.77. The second-order valence-corrected chi connectivity index (χ2v) is 7.68. The lowest BCUT2D eigenvalue weighted by Gasteiger charge is -2.32. The summed E-state index contributed by atoms with van der Waals surface area (Å²) in [5.41, 5.74) is 1.71. The number of hydrogen-bond acceptors (Lipinski definition) is 2. The van der Waals surface area contributed by atoms with Gasteiger partial charge in [0.15, 0.2) is 11.6 Å². The van der Waals surface area contributed by atoms with Crippen molar-refractivity contribution in [2.24, 2.45) is 0 Å². The number of rotatable bonds is 3. The quantitative estimate of drug-likeness (QED) is 0.779. The highest BCUT2D eigenvalue weighted by Gasteiger charge is 2.51. The van der Waals surface area contributed by atoms with E-state index in [1.54, 1.807) is 19.1 Å². The van der Waals surface area contributed by atoms with E-state index in [4.69, 9.17) is 9.31 Å². The van der Waals surface area contributed by atoms with E-state index in [1.165, 1.54) is 0 Å². The highest BCUT2D eigenvalue weighted by molar-refractivity contribution is 6.62. The molecule has 0 radical (unpaired) electrons. The van der Waals surface area contributed by atoms with E-state index in [9.17, 15) is 8.78 Å². The molecule has 0 amide bonds. The van der Waals surface area contributed by atoms with E-state index < -0.39 is 18.8 Å². The zero-order valence-corrected chi connectivity index (χ0v) is 15.3. The Kier molecular flexibility index (Phi) is 4.50. The third kappa shape index (κ3) is 3.35. The maximum atomic E-state index is 14.0. The van der Waals surface area contributed by atoms with Crippen LogP contribution in [0.25, 0.3) is 0 Å². The van der Waals surface area contributed by atoms with Crippen molar-refractivity contribution in [2.45, 2.75) is 52.2 Å². The maximum absolute atomic E-state index is 14.0. The van der Waals surface area contributed by atoms with E-state index in [0.29, 0.717) is 17.5 Å². The second kappa shape index (κ2) is 6.22. The van der Waals surface area contributed by atoms with Crippen molar-refractivity contribution < 1.29 is 18.1 Å². The van der Waals surface area contributed by atoms with E-state index in [1.807, 2.05) is 52.0 Å². The summed E-state index contributed by atoms with van der Waals surface area (Å²) in [6, 6.07) is 10.9. The molecule has 25 heavy (non-hydrogen) atoms. The molecule has 2 aromatic rings. The Bertz CT molecular complexity index is 769. The van der Waals surface area contributed by atoms with E-state index in [0.717, 1.165) is 11.0 Å². The molecule has 132 valence electrons. The van der Waals surface area contributed by atoms with Gasteiger partial charge < -0.3 is 9.31 Å². The molecular formula is C20H23BF2O2. The molecule has 1 fully saturated rings. The minimum Gasteiger partial charge on any atom is -0.399 e. The van der Waals surface area contributed by atoms with Gasteiger partial charge in [0.05, 0.1) is 11.2 Å². The molecule has 0 bridgehead atoms. The molecule has 1 aliphatic heterocycles. The van der Waals surface area contributed by atoms with Crippen LogP contribution in [0.2, 0.25) is 0 Å². The van der Waals surface area contributed by atoms with Gasteiger partial charge in [-0.1, -0.05) is 36.4 Å². The van der Waals surface area contributed by atoms with E-state index in [2.05, 4.69) is 0 Å². The molecule has 2 nitrogen and oxygen atoms in total. The minimum atomic E-state index is -0.772. The number of halogens is 2. The van der Waals surface area contributed by atoms with Crippen LogP contribution in [0.5, 0.6) is 0 Å². The van der Waals surface area contributed by atoms with Crippen molar-refractivity contribution in [1.29, 1.82) is 0 Å². The lowest BCUT2D eigenvalue weighted by atomic mass is 9.78. The first-order chi connectivity index (χ1) is 11.6. The Hall–Kier alpha value is -1.72. The summed E-state index contributed by atoms with van der Waals surface area (Å²) in [6.07, 6.45) is 0.340. The molecular weight excluding hydrogens is 321 g/mol. The van der Waals surface area contributed by atoms with Crippen LogP contribution in [0.4, 0.5) is 8.78 Å². The van der Waals surface area contributed by atoms with Crippen LogP contribution in [-0.2, 0) is 15.7 Å². The molecule has 3 rings (SSSR count). The average Bonchev–Trinajstić information content (AvgIpc) is 2.77. The Labute approximate surface area is 148 Å². The van der Waals surface area contributed by atoms with Crippen molar-refractivity contribution >= 4 is 12.6 Å². The van der Waals surface area contributed by atoms with Crippen molar-refractivity contribution in [1.82, 2.24) is 0 Å². The maximum Gasteiger partial charge on any atom is 0.494 e. The molecule has 0 aromatic heterocycles. The number of benzene rings is 2. The summed E-state index contributed by atoms with van der Waals surface area (Å²) in [5.74, 6) is -1.54. The normalized spacial score (nSPS) is 18.6. The van der Waals surface area contributed by atoms with Crippen LogP contribution in [0, 0.1) is 18.6 Å². The van der Waals surface area contributed by atoms with Crippen LogP contribution in [0.1, 0.15) is 44.4 Å². The van der Waals surface area contributed by atoms with Gasteiger partial charge in [0.2, 0.25) is 0 Å². The van der Waals surface area contributed by atoms with Crippen molar-refractivity contribution in [3.8, 4) is 0 Å². The Morgan fingerprint density at radius 2 is 1.40 bits per heavy atom. The topological polar surface area (TPSA) is 18.5 Å².